The highest BCUT2D eigenvalue weighted by Crippen LogP contribution is 2.43. The molecule has 0 fully saturated rings. The third-order valence-electron chi connectivity index (χ3n) is 10.2. The average Bonchev–Trinajstić information content (AvgIpc) is 3.76. The molecule has 0 unspecified atom stereocenters. The molecule has 0 bridgehead atoms. The van der Waals surface area contributed by atoms with Crippen LogP contribution in [0.25, 0.3) is 105 Å². The summed E-state index contributed by atoms with van der Waals surface area (Å²) in [6.45, 7) is 0. The number of para-hydroxylation sites is 2. The summed E-state index contributed by atoms with van der Waals surface area (Å²) >= 11 is 0. The van der Waals surface area contributed by atoms with E-state index in [-0.39, 0.29) is 0 Å². The first-order valence-electron chi connectivity index (χ1n) is 17.5. The lowest BCUT2D eigenvalue weighted by atomic mass is 10.00. The average molecular weight is 665 g/mol. The molecule has 3 heterocycles. The molecule has 0 aliphatic rings. The van der Waals surface area contributed by atoms with E-state index in [1.165, 1.54) is 32.3 Å². The Balaban J connectivity index is 1.23. The lowest BCUT2D eigenvalue weighted by Crippen LogP contribution is -2.01. The molecule has 242 valence electrons. The van der Waals surface area contributed by atoms with Gasteiger partial charge in [0.2, 0.25) is 0 Å². The summed E-state index contributed by atoms with van der Waals surface area (Å²) in [7, 11) is 0. The fourth-order valence-corrected chi connectivity index (χ4v) is 7.84. The Morgan fingerprint density at radius 2 is 1.02 bits per heavy atom. The Morgan fingerprint density at radius 3 is 1.79 bits per heavy atom. The molecule has 0 amide bonds. The largest absolute Gasteiger partial charge is 0.454 e. The highest BCUT2D eigenvalue weighted by Gasteiger charge is 2.23. The third kappa shape index (κ3) is 4.33. The molecule has 0 atom stereocenters. The van der Waals surface area contributed by atoms with Crippen molar-refractivity contribution in [3.63, 3.8) is 0 Å². The molecule has 0 aliphatic carbocycles. The molecule has 11 aromatic rings. The number of rotatable bonds is 4. The zero-order valence-corrected chi connectivity index (χ0v) is 27.9. The van der Waals surface area contributed by atoms with E-state index in [4.69, 9.17) is 19.4 Å². The normalized spacial score (nSPS) is 11.8. The van der Waals surface area contributed by atoms with Gasteiger partial charge in [-0.05, 0) is 57.9 Å². The molecule has 3 aromatic heterocycles. The van der Waals surface area contributed by atoms with Crippen molar-refractivity contribution in [2.75, 3.05) is 0 Å². The smallest absolute Gasteiger partial charge is 0.164 e. The molecule has 8 aromatic carbocycles. The van der Waals surface area contributed by atoms with Crippen LogP contribution < -0.4 is 0 Å². The van der Waals surface area contributed by atoms with Gasteiger partial charge in [0.25, 0.3) is 0 Å². The lowest BCUT2D eigenvalue weighted by molar-refractivity contribution is 0.666. The van der Waals surface area contributed by atoms with Gasteiger partial charge in [0.05, 0.1) is 16.7 Å². The number of aromatic nitrogens is 4. The van der Waals surface area contributed by atoms with E-state index >= 15 is 0 Å². The van der Waals surface area contributed by atoms with Crippen LogP contribution in [0.4, 0.5) is 0 Å². The van der Waals surface area contributed by atoms with Crippen molar-refractivity contribution >= 4 is 65.3 Å². The van der Waals surface area contributed by atoms with E-state index < -0.39 is 0 Å². The topological polar surface area (TPSA) is 56.7 Å². The zero-order valence-electron chi connectivity index (χ0n) is 27.9. The van der Waals surface area contributed by atoms with Crippen molar-refractivity contribution in [1.29, 1.82) is 0 Å². The van der Waals surface area contributed by atoms with E-state index in [2.05, 4.69) is 102 Å². The van der Waals surface area contributed by atoms with Crippen LogP contribution >= 0.6 is 0 Å². The summed E-state index contributed by atoms with van der Waals surface area (Å²) in [4.78, 5) is 15.2. The SMILES string of the molecule is c1ccc(-c2nc(-c3ccccc3)nc(-c3ccc(-n4c5ccccc5c5cc6ccc7ccccc7c6cc54)c4oc5ccccc5c34)n2)cc1. The second-order valence-electron chi connectivity index (χ2n) is 13.2. The van der Waals surface area contributed by atoms with Crippen LogP contribution in [0.3, 0.4) is 0 Å². The van der Waals surface area contributed by atoms with Gasteiger partial charge in [-0.15, -0.1) is 0 Å². The quantitative estimate of drug-likeness (QED) is 0.176. The van der Waals surface area contributed by atoms with E-state index in [0.29, 0.717) is 17.5 Å². The molecule has 5 nitrogen and oxygen atoms in total. The lowest BCUT2D eigenvalue weighted by Gasteiger charge is -2.13. The fraction of sp³-hybridized carbons (Fsp3) is 0. The summed E-state index contributed by atoms with van der Waals surface area (Å²) in [6.07, 6.45) is 0. The fourth-order valence-electron chi connectivity index (χ4n) is 7.84. The summed E-state index contributed by atoms with van der Waals surface area (Å²) < 4.78 is 9.22. The summed E-state index contributed by atoms with van der Waals surface area (Å²) in [5, 5.41) is 9.27. The van der Waals surface area contributed by atoms with Crippen molar-refractivity contribution in [3.8, 4) is 39.9 Å². The minimum atomic E-state index is 0.593. The van der Waals surface area contributed by atoms with Crippen molar-refractivity contribution < 1.29 is 4.42 Å². The van der Waals surface area contributed by atoms with E-state index in [9.17, 15) is 0 Å². The number of hydrogen-bond acceptors (Lipinski definition) is 4. The van der Waals surface area contributed by atoms with Gasteiger partial charge < -0.3 is 8.98 Å². The standard InChI is InChI=1S/C47H28N4O/c1-3-14-30(15-4-1)45-48-46(31-16-5-2-6-17-31)50-47(49-45)36-25-26-40(44-43(36)35-20-10-12-22-42(35)52-44)51-39-21-11-9-19-34(39)38-27-32-24-23-29-13-7-8-18-33(29)37(32)28-41(38)51/h1-28H. The van der Waals surface area contributed by atoms with E-state index in [0.717, 1.165) is 55.3 Å². The third-order valence-corrected chi connectivity index (χ3v) is 10.2. The summed E-state index contributed by atoms with van der Waals surface area (Å²) in [5.41, 5.74) is 7.53. The first-order valence-corrected chi connectivity index (χ1v) is 17.5. The Bertz CT molecular complexity index is 3120. The van der Waals surface area contributed by atoms with Crippen molar-refractivity contribution in [3.05, 3.63) is 170 Å². The van der Waals surface area contributed by atoms with Gasteiger partial charge in [-0.2, -0.15) is 0 Å². The van der Waals surface area contributed by atoms with Gasteiger partial charge in [-0.1, -0.05) is 133 Å². The van der Waals surface area contributed by atoms with Crippen LogP contribution in [-0.4, -0.2) is 19.5 Å². The molecule has 5 heteroatoms. The highest BCUT2D eigenvalue weighted by molar-refractivity contribution is 6.20. The van der Waals surface area contributed by atoms with Gasteiger partial charge in [0, 0.05) is 38.2 Å². The van der Waals surface area contributed by atoms with Gasteiger partial charge in [0.15, 0.2) is 23.1 Å². The molecule has 0 N–H and O–H groups in total. The van der Waals surface area contributed by atoms with Crippen LogP contribution in [0.15, 0.2) is 174 Å². The Morgan fingerprint density at radius 1 is 0.404 bits per heavy atom. The highest BCUT2D eigenvalue weighted by atomic mass is 16.3. The van der Waals surface area contributed by atoms with Gasteiger partial charge >= 0.3 is 0 Å². The maximum Gasteiger partial charge on any atom is 0.164 e. The molecule has 0 spiro atoms. The molecule has 11 rings (SSSR count). The summed E-state index contributed by atoms with van der Waals surface area (Å²) in [6, 6.07) is 59.1. The van der Waals surface area contributed by atoms with Gasteiger partial charge in [-0.25, -0.2) is 15.0 Å². The zero-order chi connectivity index (χ0) is 34.2. The van der Waals surface area contributed by atoms with Crippen LogP contribution in [0.1, 0.15) is 0 Å². The number of nitrogens with zero attached hydrogens (tertiary/aromatic N) is 4. The minimum absolute atomic E-state index is 0.593. The number of fused-ring (bicyclic) bond motifs is 9. The minimum Gasteiger partial charge on any atom is -0.454 e. The Hall–Kier alpha value is -7.11. The number of benzene rings is 8. The Labute approximate surface area is 298 Å². The molecule has 0 radical (unpaired) electrons. The predicted molar refractivity (Wildman–Crippen MR) is 213 cm³/mol. The molecule has 0 aliphatic heterocycles. The second-order valence-corrected chi connectivity index (χ2v) is 13.2. The monoisotopic (exact) mass is 664 g/mol. The Kier molecular flexibility index (Phi) is 6.18. The van der Waals surface area contributed by atoms with Crippen LogP contribution in [0.2, 0.25) is 0 Å². The van der Waals surface area contributed by atoms with Gasteiger partial charge in [0.1, 0.15) is 5.58 Å². The first-order chi connectivity index (χ1) is 25.8. The van der Waals surface area contributed by atoms with E-state index in [1.807, 2.05) is 72.8 Å². The molecule has 0 saturated heterocycles. The van der Waals surface area contributed by atoms with Crippen molar-refractivity contribution in [1.82, 2.24) is 19.5 Å². The molecular formula is C47H28N4O. The second kappa shape index (κ2) is 11.2. The van der Waals surface area contributed by atoms with Gasteiger partial charge in [-0.3, -0.25) is 0 Å². The number of furan rings is 1. The predicted octanol–water partition coefficient (Wildman–Crippen LogP) is 12.2. The van der Waals surface area contributed by atoms with Crippen LogP contribution in [-0.2, 0) is 0 Å². The van der Waals surface area contributed by atoms with Crippen molar-refractivity contribution in [2.45, 2.75) is 0 Å². The summed E-state index contributed by atoms with van der Waals surface area (Å²) in [5.74, 6) is 1.84. The number of hydrogen-bond donors (Lipinski definition) is 0. The van der Waals surface area contributed by atoms with Crippen LogP contribution in [0, 0.1) is 0 Å². The maximum absolute atomic E-state index is 6.86. The van der Waals surface area contributed by atoms with E-state index in [1.54, 1.807) is 0 Å². The first kappa shape index (κ1) is 28.7. The molecule has 0 saturated carbocycles. The van der Waals surface area contributed by atoms with Crippen LogP contribution in [0.5, 0.6) is 0 Å². The molecule has 52 heavy (non-hydrogen) atoms. The van der Waals surface area contributed by atoms with Crippen molar-refractivity contribution in [2.24, 2.45) is 0 Å². The molecular weight excluding hydrogens is 637 g/mol. The maximum atomic E-state index is 6.86.